The van der Waals surface area contributed by atoms with Crippen LogP contribution in [0.2, 0.25) is 5.02 Å². The van der Waals surface area contributed by atoms with Gasteiger partial charge in [0.05, 0.1) is 11.5 Å². The maximum absolute atomic E-state index is 12.7. The van der Waals surface area contributed by atoms with Crippen LogP contribution in [-0.4, -0.2) is 91.2 Å². The van der Waals surface area contributed by atoms with E-state index < -0.39 is 15.9 Å². The van der Waals surface area contributed by atoms with Crippen LogP contribution in [0, 0.1) is 0 Å². The Morgan fingerprint density at radius 3 is 2.55 bits per heavy atom. The minimum atomic E-state index is -3.03. The molecule has 0 aromatic heterocycles. The van der Waals surface area contributed by atoms with E-state index in [1.807, 2.05) is 0 Å². The van der Waals surface area contributed by atoms with Crippen LogP contribution in [0.25, 0.3) is 0 Å². The van der Waals surface area contributed by atoms with Crippen molar-refractivity contribution in [3.05, 3.63) is 29.3 Å². The average molecular weight is 471 g/mol. The molecule has 2 fully saturated rings. The first-order valence-corrected chi connectivity index (χ1v) is 12.5. The van der Waals surface area contributed by atoms with Gasteiger partial charge in [0.15, 0.2) is 9.84 Å². The number of rotatable bonds is 5. The van der Waals surface area contributed by atoms with E-state index in [1.165, 1.54) is 4.90 Å². The number of piperazine rings is 1. The number of nitrogens with zero attached hydrogens (tertiary/aromatic N) is 3. The average Bonchev–Trinajstić information content (AvgIpc) is 2.71. The SMILES string of the molecule is CC1C(=O)N(CCCC(=O)N2CCS(=O)(=O)CC2)CCN1C(=O)Nc1cccc(Cl)c1. The molecule has 2 heterocycles. The summed E-state index contributed by atoms with van der Waals surface area (Å²) < 4.78 is 23.0. The highest BCUT2D eigenvalue weighted by atomic mass is 35.5. The summed E-state index contributed by atoms with van der Waals surface area (Å²) in [5.74, 6) is -0.235. The quantitative estimate of drug-likeness (QED) is 0.700. The number of nitrogens with one attached hydrogen (secondary N) is 1. The standard InChI is InChI=1S/C20H27ClN4O5S/c1-15-19(27)24(7-3-6-18(26)23-10-12-31(29,30)13-11-23)8-9-25(15)20(28)22-17-5-2-4-16(21)14-17/h2,4-5,14-15H,3,6-13H2,1H3,(H,22,28). The molecule has 2 aliphatic rings. The van der Waals surface area contributed by atoms with E-state index in [2.05, 4.69) is 5.32 Å². The molecule has 1 aromatic carbocycles. The largest absolute Gasteiger partial charge is 0.341 e. The molecule has 9 nitrogen and oxygen atoms in total. The zero-order chi connectivity index (χ0) is 22.6. The Hall–Kier alpha value is -2.33. The van der Waals surface area contributed by atoms with Gasteiger partial charge in [-0.3, -0.25) is 9.59 Å². The lowest BCUT2D eigenvalue weighted by Gasteiger charge is -2.39. The lowest BCUT2D eigenvalue weighted by molar-refractivity contribution is -0.140. The van der Waals surface area contributed by atoms with Crippen molar-refractivity contribution < 1.29 is 22.8 Å². The number of carbonyl (C=O) groups excluding carboxylic acids is 3. The number of anilines is 1. The highest BCUT2D eigenvalue weighted by Gasteiger charge is 2.34. The summed E-state index contributed by atoms with van der Waals surface area (Å²) in [6, 6.07) is 5.82. The van der Waals surface area contributed by atoms with Crippen molar-refractivity contribution in [3.63, 3.8) is 0 Å². The smallest absolute Gasteiger partial charge is 0.322 e. The highest BCUT2D eigenvalue weighted by molar-refractivity contribution is 7.91. The Bertz CT molecular complexity index is 941. The zero-order valence-corrected chi connectivity index (χ0v) is 19.0. The number of benzene rings is 1. The molecule has 2 saturated heterocycles. The van der Waals surface area contributed by atoms with Crippen molar-refractivity contribution >= 4 is 45.0 Å². The van der Waals surface area contributed by atoms with Crippen molar-refractivity contribution in [3.8, 4) is 0 Å². The lowest BCUT2D eigenvalue weighted by atomic mass is 10.1. The number of urea groups is 1. The third kappa shape index (κ3) is 6.10. The van der Waals surface area contributed by atoms with E-state index in [1.54, 1.807) is 41.0 Å². The van der Waals surface area contributed by atoms with Crippen LogP contribution in [0.1, 0.15) is 19.8 Å². The van der Waals surface area contributed by atoms with Gasteiger partial charge in [0.1, 0.15) is 6.04 Å². The molecule has 0 spiro atoms. The van der Waals surface area contributed by atoms with Crippen LogP contribution in [0.5, 0.6) is 0 Å². The number of hydrogen-bond donors (Lipinski definition) is 1. The molecular weight excluding hydrogens is 444 g/mol. The number of sulfone groups is 1. The molecule has 3 rings (SSSR count). The first kappa shape index (κ1) is 23.3. The van der Waals surface area contributed by atoms with Gasteiger partial charge >= 0.3 is 6.03 Å². The van der Waals surface area contributed by atoms with Crippen LogP contribution in [0.15, 0.2) is 24.3 Å². The van der Waals surface area contributed by atoms with Gasteiger partial charge in [0.25, 0.3) is 0 Å². The molecule has 0 bridgehead atoms. The minimum Gasteiger partial charge on any atom is -0.341 e. The van der Waals surface area contributed by atoms with Gasteiger partial charge in [-0.15, -0.1) is 0 Å². The summed E-state index contributed by atoms with van der Waals surface area (Å²) in [6.45, 7) is 3.35. The molecular formula is C20H27ClN4O5S. The van der Waals surface area contributed by atoms with Gasteiger partial charge in [0.2, 0.25) is 11.8 Å². The summed E-state index contributed by atoms with van der Waals surface area (Å²) in [5, 5.41) is 3.26. The monoisotopic (exact) mass is 470 g/mol. The Morgan fingerprint density at radius 1 is 1.16 bits per heavy atom. The first-order valence-electron chi connectivity index (χ1n) is 10.3. The highest BCUT2D eigenvalue weighted by Crippen LogP contribution is 2.18. The van der Waals surface area contributed by atoms with E-state index in [-0.39, 0.29) is 48.9 Å². The van der Waals surface area contributed by atoms with Gasteiger partial charge in [-0.1, -0.05) is 17.7 Å². The van der Waals surface area contributed by atoms with E-state index in [4.69, 9.17) is 11.6 Å². The first-order chi connectivity index (χ1) is 14.7. The maximum atomic E-state index is 12.7. The summed E-state index contributed by atoms with van der Waals surface area (Å²) in [4.78, 5) is 42.3. The Morgan fingerprint density at radius 2 is 1.87 bits per heavy atom. The van der Waals surface area contributed by atoms with E-state index in [0.717, 1.165) is 0 Å². The van der Waals surface area contributed by atoms with E-state index in [9.17, 15) is 22.8 Å². The molecule has 11 heteroatoms. The fourth-order valence-corrected chi connectivity index (χ4v) is 5.12. The molecule has 1 N–H and O–H groups in total. The predicted octanol–water partition coefficient (Wildman–Crippen LogP) is 1.44. The Balaban J connectivity index is 1.45. The Kier molecular flexibility index (Phi) is 7.42. The number of carbonyl (C=O) groups is 3. The zero-order valence-electron chi connectivity index (χ0n) is 17.4. The topological polar surface area (TPSA) is 107 Å². The van der Waals surface area contributed by atoms with Crippen molar-refractivity contribution in [1.82, 2.24) is 14.7 Å². The molecule has 170 valence electrons. The third-order valence-corrected chi connectivity index (χ3v) is 7.44. The molecule has 1 aromatic rings. The molecule has 31 heavy (non-hydrogen) atoms. The molecule has 0 aliphatic carbocycles. The van der Waals surface area contributed by atoms with Crippen molar-refractivity contribution in [2.45, 2.75) is 25.8 Å². The molecule has 4 amide bonds. The van der Waals surface area contributed by atoms with Gasteiger partial charge in [0, 0.05) is 49.9 Å². The normalized spacial score (nSPS) is 21.2. The maximum Gasteiger partial charge on any atom is 0.322 e. The van der Waals surface area contributed by atoms with Crippen molar-refractivity contribution in [1.29, 1.82) is 0 Å². The van der Waals surface area contributed by atoms with Crippen LogP contribution in [-0.2, 0) is 19.4 Å². The molecule has 0 radical (unpaired) electrons. The van der Waals surface area contributed by atoms with Gasteiger partial charge in [-0.25, -0.2) is 13.2 Å². The third-order valence-electron chi connectivity index (χ3n) is 5.60. The van der Waals surface area contributed by atoms with Gasteiger partial charge in [-0.2, -0.15) is 0 Å². The lowest BCUT2D eigenvalue weighted by Crippen LogP contribution is -2.58. The summed E-state index contributed by atoms with van der Waals surface area (Å²) in [7, 11) is -3.03. The van der Waals surface area contributed by atoms with Crippen LogP contribution in [0.4, 0.5) is 10.5 Å². The molecule has 2 aliphatic heterocycles. The molecule has 0 saturated carbocycles. The number of hydrogen-bond acceptors (Lipinski definition) is 5. The van der Waals surface area contributed by atoms with E-state index >= 15 is 0 Å². The minimum absolute atomic E-state index is 0.00789. The fourth-order valence-electron chi connectivity index (χ4n) is 3.73. The predicted molar refractivity (Wildman–Crippen MR) is 118 cm³/mol. The second-order valence-corrected chi connectivity index (χ2v) is 10.5. The van der Waals surface area contributed by atoms with Crippen molar-refractivity contribution in [2.24, 2.45) is 0 Å². The summed E-state index contributed by atoms with van der Waals surface area (Å²) in [6.07, 6.45) is 0.756. The molecule has 1 unspecified atom stereocenters. The Labute approximate surface area is 187 Å². The van der Waals surface area contributed by atoms with Crippen LogP contribution < -0.4 is 5.32 Å². The second-order valence-electron chi connectivity index (χ2n) is 7.77. The molecule has 1 atom stereocenters. The van der Waals surface area contributed by atoms with Crippen molar-refractivity contribution in [2.75, 3.05) is 49.5 Å². The summed E-state index contributed by atoms with van der Waals surface area (Å²) >= 11 is 5.94. The van der Waals surface area contributed by atoms with E-state index in [0.29, 0.717) is 36.8 Å². The van der Waals surface area contributed by atoms with Gasteiger partial charge in [-0.05, 0) is 31.5 Å². The van der Waals surface area contributed by atoms with Crippen LogP contribution in [0.3, 0.4) is 0 Å². The van der Waals surface area contributed by atoms with Crippen LogP contribution >= 0.6 is 11.6 Å². The number of amides is 4. The second kappa shape index (κ2) is 9.86. The fraction of sp³-hybridized carbons (Fsp3) is 0.550. The summed E-state index contributed by atoms with van der Waals surface area (Å²) in [5.41, 5.74) is 0.559. The van der Waals surface area contributed by atoms with Gasteiger partial charge < -0.3 is 20.0 Å². The number of halogens is 1.